The Morgan fingerprint density at radius 3 is 1.79 bits per heavy atom. The molecule has 0 aromatic rings. The first kappa shape index (κ1) is 13.8. The van der Waals surface area contributed by atoms with Gasteiger partial charge in [-0.25, -0.2) is 0 Å². The number of unbranched alkanes of at least 4 members (excludes halogenated alkanes) is 9. The molecule has 0 saturated heterocycles. The van der Waals surface area contributed by atoms with Crippen molar-refractivity contribution >= 4 is 12.6 Å². The second-order valence-corrected chi connectivity index (χ2v) is 4.06. The average molecular weight is 211 g/mol. The van der Waals surface area contributed by atoms with Crippen LogP contribution in [0.25, 0.3) is 0 Å². The maximum atomic E-state index is 4.55. The van der Waals surface area contributed by atoms with Crippen LogP contribution in [0.15, 0.2) is 0 Å². The Balaban J connectivity index is 2.87. The fourth-order valence-electron chi connectivity index (χ4n) is 1.58. The van der Waals surface area contributed by atoms with Crippen LogP contribution in [0.3, 0.4) is 0 Å². The molecular weight excluding hydrogens is 188 g/mol. The predicted molar refractivity (Wildman–Crippen MR) is 67.2 cm³/mol. The molecule has 0 amide bonds. The lowest BCUT2D eigenvalue weighted by Gasteiger charge is -1.99. The monoisotopic (exact) mass is 211 g/mol. The van der Waals surface area contributed by atoms with E-state index in [1.165, 1.54) is 57.8 Å². The Hall–Kier alpha value is -0.220. The lowest BCUT2D eigenvalue weighted by atomic mass is 10.1. The zero-order valence-electron chi connectivity index (χ0n) is 9.48. The van der Waals surface area contributed by atoms with Gasteiger partial charge in [0.2, 0.25) is 0 Å². The molecular formula is C13H23S. The smallest absolute Gasteiger partial charge is 0.0101 e. The first-order valence-corrected chi connectivity index (χ1v) is 6.42. The van der Waals surface area contributed by atoms with Gasteiger partial charge < -0.3 is 0 Å². The summed E-state index contributed by atoms with van der Waals surface area (Å²) in [5.41, 5.74) is 0. The van der Waals surface area contributed by atoms with E-state index in [1.54, 1.807) is 0 Å². The topological polar surface area (TPSA) is 0 Å². The highest BCUT2D eigenvalue weighted by molar-refractivity contribution is 7.85. The molecule has 1 radical (unpaired) electrons. The highest BCUT2D eigenvalue weighted by atomic mass is 32.1. The van der Waals surface area contributed by atoms with Crippen LogP contribution in [-0.4, -0.2) is 0 Å². The van der Waals surface area contributed by atoms with Crippen molar-refractivity contribution in [2.24, 2.45) is 0 Å². The molecule has 0 nitrogen and oxygen atoms in total. The summed E-state index contributed by atoms with van der Waals surface area (Å²) in [5, 5.41) is 2.53. The van der Waals surface area contributed by atoms with E-state index in [-0.39, 0.29) is 0 Å². The molecule has 0 heterocycles. The van der Waals surface area contributed by atoms with E-state index in [2.05, 4.69) is 30.7 Å². The fourth-order valence-corrected chi connectivity index (χ4v) is 1.68. The minimum absolute atomic E-state index is 0.999. The average Bonchev–Trinajstić information content (AvgIpc) is 2.21. The van der Waals surface area contributed by atoms with Crippen LogP contribution in [0.4, 0.5) is 0 Å². The molecule has 0 bridgehead atoms. The molecule has 14 heavy (non-hydrogen) atoms. The van der Waals surface area contributed by atoms with E-state index in [9.17, 15) is 0 Å². The molecule has 0 aromatic heterocycles. The van der Waals surface area contributed by atoms with E-state index in [0.29, 0.717) is 0 Å². The molecule has 0 atom stereocenters. The van der Waals surface area contributed by atoms with Gasteiger partial charge in [0.25, 0.3) is 0 Å². The summed E-state index contributed by atoms with van der Waals surface area (Å²) in [6.45, 7) is 2.26. The van der Waals surface area contributed by atoms with E-state index in [4.69, 9.17) is 0 Å². The van der Waals surface area contributed by atoms with E-state index < -0.39 is 0 Å². The molecule has 0 rings (SSSR count). The highest BCUT2D eigenvalue weighted by Crippen LogP contribution is 2.09. The minimum atomic E-state index is 0.999. The Bertz CT molecular complexity index is 152. The minimum Gasteiger partial charge on any atom is -0.0865 e. The van der Waals surface area contributed by atoms with Crippen LogP contribution in [0.1, 0.15) is 71.1 Å². The van der Waals surface area contributed by atoms with Gasteiger partial charge >= 0.3 is 0 Å². The summed E-state index contributed by atoms with van der Waals surface area (Å²) in [5.74, 6) is 2.93. The highest BCUT2D eigenvalue weighted by Gasteiger charge is 1.90. The molecule has 0 aliphatic carbocycles. The Labute approximate surface area is 95.3 Å². The van der Waals surface area contributed by atoms with Crippen LogP contribution < -0.4 is 0 Å². The van der Waals surface area contributed by atoms with Crippen molar-refractivity contribution in [1.29, 1.82) is 0 Å². The summed E-state index contributed by atoms with van der Waals surface area (Å²) in [7, 11) is 0. The quantitative estimate of drug-likeness (QED) is 0.369. The Morgan fingerprint density at radius 1 is 0.786 bits per heavy atom. The van der Waals surface area contributed by atoms with Gasteiger partial charge in [-0.2, -0.15) is 0 Å². The van der Waals surface area contributed by atoms with E-state index in [0.717, 1.165) is 6.42 Å². The van der Waals surface area contributed by atoms with Crippen LogP contribution >= 0.6 is 12.6 Å². The molecule has 0 aromatic carbocycles. The SMILES string of the molecule is CCCCCCCCCCCC#C[S]. The van der Waals surface area contributed by atoms with Crippen molar-refractivity contribution in [3.63, 3.8) is 0 Å². The van der Waals surface area contributed by atoms with Crippen molar-refractivity contribution in [2.45, 2.75) is 71.1 Å². The van der Waals surface area contributed by atoms with E-state index >= 15 is 0 Å². The normalized spacial score (nSPS) is 9.50. The first-order chi connectivity index (χ1) is 6.91. The second-order valence-electron chi connectivity index (χ2n) is 3.86. The standard InChI is InChI=1S/C13H23S/c1-2-3-4-5-6-7-8-9-10-11-12-13-14/h2-11H2,1H3. The zero-order valence-corrected chi connectivity index (χ0v) is 10.3. The second kappa shape index (κ2) is 12.8. The Kier molecular flexibility index (Phi) is 12.6. The van der Waals surface area contributed by atoms with Gasteiger partial charge in [0, 0.05) is 11.7 Å². The Morgan fingerprint density at radius 2 is 1.29 bits per heavy atom. The molecule has 0 spiro atoms. The molecule has 0 aliphatic heterocycles. The molecule has 1 heteroatoms. The van der Waals surface area contributed by atoms with Crippen molar-refractivity contribution in [2.75, 3.05) is 0 Å². The van der Waals surface area contributed by atoms with Gasteiger partial charge in [-0.15, -0.1) is 0 Å². The molecule has 0 saturated carbocycles. The van der Waals surface area contributed by atoms with Crippen molar-refractivity contribution in [3.05, 3.63) is 0 Å². The van der Waals surface area contributed by atoms with Crippen LogP contribution in [0, 0.1) is 11.2 Å². The number of hydrogen-bond acceptors (Lipinski definition) is 0. The summed E-state index contributed by atoms with van der Waals surface area (Å²) >= 11 is 4.55. The van der Waals surface area contributed by atoms with Crippen molar-refractivity contribution in [1.82, 2.24) is 0 Å². The summed E-state index contributed by atoms with van der Waals surface area (Å²) < 4.78 is 0. The largest absolute Gasteiger partial charge is 0.0865 e. The van der Waals surface area contributed by atoms with Gasteiger partial charge in [-0.05, 0) is 19.0 Å². The van der Waals surface area contributed by atoms with Crippen LogP contribution in [-0.2, 0) is 0 Å². The third-order valence-electron chi connectivity index (χ3n) is 2.48. The van der Waals surface area contributed by atoms with Crippen LogP contribution in [0.5, 0.6) is 0 Å². The third-order valence-corrected chi connectivity index (χ3v) is 2.62. The van der Waals surface area contributed by atoms with Gasteiger partial charge in [-0.1, -0.05) is 64.2 Å². The van der Waals surface area contributed by atoms with Crippen LogP contribution in [0.2, 0.25) is 0 Å². The van der Waals surface area contributed by atoms with Crippen molar-refractivity contribution < 1.29 is 0 Å². The third kappa shape index (κ3) is 11.8. The van der Waals surface area contributed by atoms with Gasteiger partial charge in [0.05, 0.1) is 0 Å². The van der Waals surface area contributed by atoms with Gasteiger partial charge in [0.15, 0.2) is 0 Å². The maximum Gasteiger partial charge on any atom is 0.0101 e. The fraction of sp³-hybridized carbons (Fsp3) is 0.846. The van der Waals surface area contributed by atoms with E-state index in [1.807, 2.05) is 0 Å². The summed E-state index contributed by atoms with van der Waals surface area (Å²) in [6, 6.07) is 0. The lowest BCUT2D eigenvalue weighted by molar-refractivity contribution is 0.567. The van der Waals surface area contributed by atoms with Crippen molar-refractivity contribution in [3.8, 4) is 11.2 Å². The zero-order chi connectivity index (χ0) is 10.5. The summed E-state index contributed by atoms with van der Waals surface area (Å²) in [6.07, 6.45) is 13.4. The summed E-state index contributed by atoms with van der Waals surface area (Å²) in [4.78, 5) is 0. The molecule has 0 aliphatic rings. The first-order valence-electron chi connectivity index (χ1n) is 6.01. The number of hydrogen-bond donors (Lipinski definition) is 0. The molecule has 0 unspecified atom stereocenters. The lowest BCUT2D eigenvalue weighted by Crippen LogP contribution is -1.80. The molecule has 81 valence electrons. The number of rotatable bonds is 9. The van der Waals surface area contributed by atoms with Gasteiger partial charge in [-0.3, -0.25) is 0 Å². The molecule has 0 N–H and O–H groups in total. The maximum absolute atomic E-state index is 4.55. The molecule has 0 fully saturated rings. The van der Waals surface area contributed by atoms with Gasteiger partial charge in [0.1, 0.15) is 0 Å². The predicted octanol–water partition coefficient (Wildman–Crippen LogP) is 5.07.